The molecule has 1 aromatic carbocycles. The maximum Gasteiger partial charge on any atom is 0.146 e. The summed E-state index contributed by atoms with van der Waals surface area (Å²) in [6.07, 6.45) is -1.61. The predicted molar refractivity (Wildman–Crippen MR) is 72.7 cm³/mol. The molecule has 5 heteroatoms. The van der Waals surface area contributed by atoms with Crippen LogP contribution in [-0.4, -0.2) is 42.1 Å². The van der Waals surface area contributed by atoms with Crippen LogP contribution < -0.4 is 10.2 Å². The number of anilines is 1. The van der Waals surface area contributed by atoms with E-state index < -0.39 is 12.2 Å². The van der Waals surface area contributed by atoms with Crippen LogP contribution in [0.3, 0.4) is 0 Å². The molecule has 0 saturated carbocycles. The number of aliphatic hydroxyl groups excluding tert-OH is 2. The van der Waals surface area contributed by atoms with Gasteiger partial charge < -0.3 is 20.4 Å². The minimum Gasteiger partial charge on any atom is -0.389 e. The molecule has 4 nitrogen and oxygen atoms in total. The van der Waals surface area contributed by atoms with Gasteiger partial charge in [0.15, 0.2) is 0 Å². The van der Waals surface area contributed by atoms with Crippen molar-refractivity contribution in [1.82, 2.24) is 5.32 Å². The van der Waals surface area contributed by atoms with Gasteiger partial charge in [0.1, 0.15) is 5.82 Å². The van der Waals surface area contributed by atoms with Crippen molar-refractivity contribution in [2.45, 2.75) is 32.1 Å². The second-order valence-corrected chi connectivity index (χ2v) is 5.03. The van der Waals surface area contributed by atoms with E-state index in [0.717, 1.165) is 12.1 Å². The molecule has 3 atom stereocenters. The summed E-state index contributed by atoms with van der Waals surface area (Å²) in [6, 6.07) is 5.20. The van der Waals surface area contributed by atoms with Gasteiger partial charge in [-0.15, -0.1) is 0 Å². The lowest BCUT2D eigenvalue weighted by Gasteiger charge is -2.20. The number of nitrogens with one attached hydrogen (secondary N) is 1. The van der Waals surface area contributed by atoms with E-state index in [1.54, 1.807) is 11.0 Å². The van der Waals surface area contributed by atoms with Crippen LogP contribution in [-0.2, 0) is 0 Å². The average Bonchev–Trinajstić information content (AvgIpc) is 2.69. The molecule has 0 spiro atoms. The van der Waals surface area contributed by atoms with Crippen molar-refractivity contribution in [1.29, 1.82) is 0 Å². The molecule has 0 aliphatic carbocycles. The minimum absolute atomic E-state index is 0.100. The molecule has 1 aromatic rings. The fourth-order valence-electron chi connectivity index (χ4n) is 2.44. The number of hydrogen-bond donors (Lipinski definition) is 3. The number of halogens is 1. The summed E-state index contributed by atoms with van der Waals surface area (Å²) in [5.74, 6) is -0.316. The third-order valence-corrected chi connectivity index (χ3v) is 3.58. The van der Waals surface area contributed by atoms with Crippen LogP contribution in [0.5, 0.6) is 0 Å². The van der Waals surface area contributed by atoms with E-state index in [-0.39, 0.29) is 24.9 Å². The van der Waals surface area contributed by atoms with Gasteiger partial charge in [-0.3, -0.25) is 0 Å². The summed E-state index contributed by atoms with van der Waals surface area (Å²) in [5, 5.41) is 22.2. The first-order valence-electron chi connectivity index (χ1n) is 6.66. The summed E-state index contributed by atoms with van der Waals surface area (Å²) in [4.78, 5) is 1.67. The number of aliphatic hydroxyl groups is 2. The normalized spacial score (nSPS) is 24.8. The van der Waals surface area contributed by atoms with Crippen molar-refractivity contribution in [3.05, 3.63) is 29.6 Å². The van der Waals surface area contributed by atoms with Crippen molar-refractivity contribution >= 4 is 5.69 Å². The molecule has 0 bridgehead atoms. The second kappa shape index (κ2) is 5.86. The Labute approximate surface area is 112 Å². The van der Waals surface area contributed by atoms with Gasteiger partial charge in [-0.2, -0.15) is 0 Å². The van der Waals surface area contributed by atoms with E-state index in [2.05, 4.69) is 5.32 Å². The van der Waals surface area contributed by atoms with Gasteiger partial charge in [0, 0.05) is 19.1 Å². The molecule has 1 heterocycles. The average molecular weight is 268 g/mol. The zero-order valence-electron chi connectivity index (χ0n) is 11.3. The summed E-state index contributed by atoms with van der Waals surface area (Å²) in [6.45, 7) is 5.35. The smallest absolute Gasteiger partial charge is 0.146 e. The Morgan fingerprint density at radius 1 is 1.37 bits per heavy atom. The van der Waals surface area contributed by atoms with Crippen molar-refractivity contribution in [2.75, 3.05) is 24.5 Å². The Hall–Kier alpha value is -1.17. The highest BCUT2D eigenvalue weighted by molar-refractivity contribution is 5.51. The lowest BCUT2D eigenvalue weighted by Crippen LogP contribution is -2.23. The highest BCUT2D eigenvalue weighted by Gasteiger charge is 2.30. The topological polar surface area (TPSA) is 55.7 Å². The van der Waals surface area contributed by atoms with Crippen LogP contribution in [0, 0.1) is 5.82 Å². The summed E-state index contributed by atoms with van der Waals surface area (Å²) >= 11 is 0. The van der Waals surface area contributed by atoms with Crippen molar-refractivity contribution in [2.24, 2.45) is 0 Å². The first-order chi connectivity index (χ1) is 9.02. The molecule has 1 aliphatic rings. The third-order valence-electron chi connectivity index (χ3n) is 3.58. The van der Waals surface area contributed by atoms with Crippen molar-refractivity contribution < 1.29 is 14.6 Å². The molecule has 3 unspecified atom stereocenters. The molecule has 0 amide bonds. The van der Waals surface area contributed by atoms with E-state index in [1.807, 2.05) is 19.9 Å². The predicted octanol–water partition coefficient (Wildman–Crippen LogP) is 1.04. The molecular formula is C14H21FN2O2. The van der Waals surface area contributed by atoms with Crippen LogP contribution in [0.4, 0.5) is 10.1 Å². The Morgan fingerprint density at radius 2 is 2.00 bits per heavy atom. The highest BCUT2D eigenvalue weighted by atomic mass is 19.1. The fraction of sp³-hybridized carbons (Fsp3) is 0.571. The first-order valence-corrected chi connectivity index (χ1v) is 6.66. The first kappa shape index (κ1) is 14.2. The molecule has 1 saturated heterocycles. The van der Waals surface area contributed by atoms with Gasteiger partial charge in [0.2, 0.25) is 0 Å². The van der Waals surface area contributed by atoms with Crippen LogP contribution in [0.2, 0.25) is 0 Å². The molecule has 3 N–H and O–H groups in total. The molecule has 0 aromatic heterocycles. The maximum atomic E-state index is 14.1. The number of benzene rings is 1. The van der Waals surface area contributed by atoms with Gasteiger partial charge in [-0.05, 0) is 31.2 Å². The van der Waals surface area contributed by atoms with E-state index in [1.165, 1.54) is 6.07 Å². The molecule has 0 radical (unpaired) electrons. The van der Waals surface area contributed by atoms with Crippen LogP contribution in [0.1, 0.15) is 25.5 Å². The van der Waals surface area contributed by atoms with Gasteiger partial charge in [0.05, 0.1) is 17.9 Å². The summed E-state index contributed by atoms with van der Waals surface area (Å²) in [5.41, 5.74) is 1.33. The standard InChI is InChI=1S/C14H21FN2O2/c1-3-16-9(2)10-4-5-12(11(15)6-10)17-7-13(18)14(19)8-17/h4-6,9,13-14,16,18-19H,3,7-8H2,1-2H3. The molecule has 2 rings (SSSR count). The van der Waals surface area contributed by atoms with Crippen LogP contribution >= 0.6 is 0 Å². The van der Waals surface area contributed by atoms with Crippen LogP contribution in [0.15, 0.2) is 18.2 Å². The Kier molecular flexibility index (Phi) is 4.39. The van der Waals surface area contributed by atoms with Gasteiger partial charge in [0.25, 0.3) is 0 Å². The molecular weight excluding hydrogens is 247 g/mol. The molecule has 1 fully saturated rings. The largest absolute Gasteiger partial charge is 0.389 e. The second-order valence-electron chi connectivity index (χ2n) is 5.03. The highest BCUT2D eigenvalue weighted by Crippen LogP contribution is 2.26. The number of hydrogen-bond acceptors (Lipinski definition) is 4. The monoisotopic (exact) mass is 268 g/mol. The lowest BCUT2D eigenvalue weighted by atomic mass is 10.1. The maximum absolute atomic E-state index is 14.1. The minimum atomic E-state index is -0.806. The molecule has 1 aliphatic heterocycles. The fourth-order valence-corrected chi connectivity index (χ4v) is 2.44. The van der Waals surface area contributed by atoms with Gasteiger partial charge in [-0.25, -0.2) is 4.39 Å². The van der Waals surface area contributed by atoms with E-state index in [9.17, 15) is 14.6 Å². The van der Waals surface area contributed by atoms with Crippen LogP contribution in [0.25, 0.3) is 0 Å². The SMILES string of the molecule is CCNC(C)c1ccc(N2CC(O)C(O)C2)c(F)c1. The summed E-state index contributed by atoms with van der Waals surface area (Å²) in [7, 11) is 0. The number of β-amino-alcohol motifs (C(OH)–C–C–N with tert-alkyl or cyclic N) is 2. The van der Waals surface area contributed by atoms with E-state index in [0.29, 0.717) is 5.69 Å². The Bertz CT molecular complexity index is 431. The molecule has 106 valence electrons. The van der Waals surface area contributed by atoms with Gasteiger partial charge in [-0.1, -0.05) is 13.0 Å². The summed E-state index contributed by atoms with van der Waals surface area (Å²) < 4.78 is 14.1. The molecule has 19 heavy (non-hydrogen) atoms. The zero-order valence-corrected chi connectivity index (χ0v) is 11.3. The Morgan fingerprint density at radius 3 is 2.53 bits per heavy atom. The van der Waals surface area contributed by atoms with E-state index >= 15 is 0 Å². The quantitative estimate of drug-likeness (QED) is 0.763. The Balaban J connectivity index is 2.16. The van der Waals surface area contributed by atoms with Crippen molar-refractivity contribution in [3.63, 3.8) is 0 Å². The zero-order chi connectivity index (χ0) is 14.0. The van der Waals surface area contributed by atoms with Gasteiger partial charge >= 0.3 is 0 Å². The van der Waals surface area contributed by atoms with Crippen molar-refractivity contribution in [3.8, 4) is 0 Å². The third kappa shape index (κ3) is 3.05. The van der Waals surface area contributed by atoms with E-state index in [4.69, 9.17) is 0 Å². The number of rotatable bonds is 4. The lowest BCUT2D eigenvalue weighted by molar-refractivity contribution is 0.0572. The number of nitrogens with zero attached hydrogens (tertiary/aromatic N) is 1.